The van der Waals surface area contributed by atoms with Crippen LogP contribution < -0.4 is 0 Å². The molecule has 0 aliphatic carbocycles. The van der Waals surface area contributed by atoms with Crippen LogP contribution in [0.1, 0.15) is 5.56 Å². The van der Waals surface area contributed by atoms with Crippen LogP contribution in [0.3, 0.4) is 0 Å². The number of benzene rings is 1. The van der Waals surface area contributed by atoms with E-state index in [1.165, 1.54) is 4.90 Å². The molecule has 2 rings (SSSR count). The number of amides is 1. The van der Waals surface area contributed by atoms with Crippen LogP contribution in [0.4, 0.5) is 0 Å². The first kappa shape index (κ1) is 13.0. The summed E-state index contributed by atoms with van der Waals surface area (Å²) in [5.41, 5.74) is 0.889. The molecule has 1 saturated heterocycles. The molecule has 1 fully saturated rings. The average Bonchev–Trinajstić information content (AvgIpc) is 2.34. The molecule has 0 saturated carbocycles. The quantitative estimate of drug-likeness (QED) is 0.912. The van der Waals surface area contributed by atoms with Crippen LogP contribution >= 0.6 is 15.9 Å². The number of rotatable bonds is 3. The van der Waals surface area contributed by atoms with Gasteiger partial charge in [0.15, 0.2) is 6.04 Å². The maximum absolute atomic E-state index is 11.7. The van der Waals surface area contributed by atoms with E-state index in [0.717, 1.165) is 10.0 Å². The van der Waals surface area contributed by atoms with E-state index in [-0.39, 0.29) is 25.7 Å². The van der Waals surface area contributed by atoms with Crippen LogP contribution in [0.2, 0.25) is 0 Å². The molecule has 0 aromatic heterocycles. The molecule has 0 radical (unpaired) electrons. The zero-order valence-corrected chi connectivity index (χ0v) is 11.1. The number of carboxylic acids is 1. The fraction of sp³-hybridized carbons (Fsp3) is 0.333. The number of carbonyl (C=O) groups is 2. The standard InChI is InChI=1S/C12H12BrNO4/c13-9-3-1-8(2-4-9)5-14-10(12(16)17)6-18-7-11(14)15/h1-4,10H,5-7H2,(H,16,17). The third kappa shape index (κ3) is 2.88. The van der Waals surface area contributed by atoms with E-state index in [9.17, 15) is 9.59 Å². The van der Waals surface area contributed by atoms with Gasteiger partial charge >= 0.3 is 5.97 Å². The van der Waals surface area contributed by atoms with Gasteiger partial charge in [0.2, 0.25) is 5.91 Å². The summed E-state index contributed by atoms with van der Waals surface area (Å²) in [6, 6.07) is 6.51. The summed E-state index contributed by atoms with van der Waals surface area (Å²) in [5, 5.41) is 9.07. The SMILES string of the molecule is O=C(O)C1COCC(=O)N1Cc1ccc(Br)cc1. The second-order valence-corrected chi connectivity index (χ2v) is 4.93. The minimum absolute atomic E-state index is 0.0393. The highest BCUT2D eigenvalue weighted by atomic mass is 79.9. The molecule has 1 aliphatic heterocycles. The van der Waals surface area contributed by atoms with Gasteiger partial charge in [-0.25, -0.2) is 4.79 Å². The summed E-state index contributed by atoms with van der Waals surface area (Å²) >= 11 is 3.32. The molecule has 5 nitrogen and oxygen atoms in total. The minimum Gasteiger partial charge on any atom is -0.480 e. The average molecular weight is 314 g/mol. The molecule has 1 atom stereocenters. The van der Waals surface area contributed by atoms with Gasteiger partial charge in [-0.1, -0.05) is 28.1 Å². The van der Waals surface area contributed by atoms with Gasteiger partial charge in [-0.15, -0.1) is 0 Å². The maximum Gasteiger partial charge on any atom is 0.328 e. The van der Waals surface area contributed by atoms with E-state index in [1.54, 1.807) is 0 Å². The lowest BCUT2D eigenvalue weighted by atomic mass is 10.1. The molecular weight excluding hydrogens is 302 g/mol. The zero-order chi connectivity index (χ0) is 13.1. The van der Waals surface area contributed by atoms with Crippen molar-refractivity contribution in [3.8, 4) is 0 Å². The molecule has 18 heavy (non-hydrogen) atoms. The monoisotopic (exact) mass is 313 g/mol. The fourth-order valence-corrected chi connectivity index (χ4v) is 2.06. The van der Waals surface area contributed by atoms with Gasteiger partial charge in [0.25, 0.3) is 0 Å². The number of carbonyl (C=O) groups excluding carboxylic acids is 1. The highest BCUT2D eigenvalue weighted by Gasteiger charge is 2.33. The van der Waals surface area contributed by atoms with E-state index in [1.807, 2.05) is 24.3 Å². The number of morpholine rings is 1. The topological polar surface area (TPSA) is 66.8 Å². The van der Waals surface area contributed by atoms with E-state index >= 15 is 0 Å². The Balaban J connectivity index is 2.15. The van der Waals surface area contributed by atoms with Crippen LogP contribution in [0.5, 0.6) is 0 Å². The summed E-state index contributed by atoms with van der Waals surface area (Å²) in [7, 11) is 0. The van der Waals surface area contributed by atoms with Gasteiger partial charge in [0.1, 0.15) is 6.61 Å². The summed E-state index contributed by atoms with van der Waals surface area (Å²) < 4.78 is 5.90. The minimum atomic E-state index is -1.04. The third-order valence-corrected chi connectivity index (χ3v) is 3.28. The molecule has 1 heterocycles. The first-order chi connectivity index (χ1) is 8.58. The van der Waals surface area contributed by atoms with Crippen molar-refractivity contribution in [3.05, 3.63) is 34.3 Å². The number of aliphatic carboxylic acids is 1. The number of nitrogens with zero attached hydrogens (tertiary/aromatic N) is 1. The van der Waals surface area contributed by atoms with Gasteiger partial charge in [0, 0.05) is 11.0 Å². The second-order valence-electron chi connectivity index (χ2n) is 4.02. The number of halogens is 1. The lowest BCUT2D eigenvalue weighted by molar-refractivity contribution is -0.163. The van der Waals surface area contributed by atoms with Gasteiger partial charge in [0.05, 0.1) is 6.61 Å². The van der Waals surface area contributed by atoms with Gasteiger partial charge < -0.3 is 14.7 Å². The Kier molecular flexibility index (Phi) is 3.98. The van der Waals surface area contributed by atoms with Gasteiger partial charge in [-0.2, -0.15) is 0 Å². The van der Waals surface area contributed by atoms with Crippen LogP contribution in [0, 0.1) is 0 Å². The molecule has 1 aliphatic rings. The molecule has 1 amide bonds. The zero-order valence-electron chi connectivity index (χ0n) is 9.51. The molecule has 1 aromatic carbocycles. The predicted octanol–water partition coefficient (Wildman–Crippen LogP) is 1.26. The lowest BCUT2D eigenvalue weighted by Crippen LogP contribution is -2.52. The molecular formula is C12H12BrNO4. The molecule has 0 spiro atoms. The summed E-state index contributed by atoms with van der Waals surface area (Å²) in [6.45, 7) is 0.268. The Hall–Kier alpha value is -1.40. The van der Waals surface area contributed by atoms with Crippen LogP contribution in [-0.2, 0) is 20.9 Å². The van der Waals surface area contributed by atoms with Crippen molar-refractivity contribution in [2.75, 3.05) is 13.2 Å². The summed E-state index contributed by atoms with van der Waals surface area (Å²) in [5.74, 6) is -1.34. The molecule has 1 N–H and O–H groups in total. The summed E-state index contributed by atoms with van der Waals surface area (Å²) in [6.07, 6.45) is 0. The molecule has 6 heteroatoms. The van der Waals surface area contributed by atoms with Crippen molar-refractivity contribution in [2.24, 2.45) is 0 Å². The Morgan fingerprint density at radius 2 is 2.11 bits per heavy atom. The molecule has 1 aromatic rings. The number of hydrogen-bond acceptors (Lipinski definition) is 3. The normalized spacial score (nSPS) is 19.9. The smallest absolute Gasteiger partial charge is 0.328 e. The van der Waals surface area contributed by atoms with E-state index in [2.05, 4.69) is 15.9 Å². The van der Waals surface area contributed by atoms with Crippen LogP contribution in [0.15, 0.2) is 28.7 Å². The van der Waals surface area contributed by atoms with Crippen molar-refractivity contribution in [3.63, 3.8) is 0 Å². The Morgan fingerprint density at radius 3 is 2.72 bits per heavy atom. The third-order valence-electron chi connectivity index (χ3n) is 2.75. The number of hydrogen-bond donors (Lipinski definition) is 1. The van der Waals surface area contributed by atoms with E-state index in [4.69, 9.17) is 9.84 Å². The van der Waals surface area contributed by atoms with Crippen LogP contribution in [-0.4, -0.2) is 41.1 Å². The second kappa shape index (κ2) is 5.49. The largest absolute Gasteiger partial charge is 0.480 e. The van der Waals surface area contributed by atoms with Crippen molar-refractivity contribution < 1.29 is 19.4 Å². The first-order valence-electron chi connectivity index (χ1n) is 5.42. The first-order valence-corrected chi connectivity index (χ1v) is 6.21. The van der Waals surface area contributed by atoms with Gasteiger partial charge in [-0.3, -0.25) is 4.79 Å². The van der Waals surface area contributed by atoms with Crippen molar-refractivity contribution in [1.82, 2.24) is 4.90 Å². The van der Waals surface area contributed by atoms with E-state index < -0.39 is 12.0 Å². The molecule has 96 valence electrons. The van der Waals surface area contributed by atoms with Gasteiger partial charge in [-0.05, 0) is 17.7 Å². The van der Waals surface area contributed by atoms with Crippen LogP contribution in [0.25, 0.3) is 0 Å². The number of carboxylic acid groups (broad SMARTS) is 1. The predicted molar refractivity (Wildman–Crippen MR) is 66.9 cm³/mol. The molecule has 0 bridgehead atoms. The fourth-order valence-electron chi connectivity index (χ4n) is 1.79. The Morgan fingerprint density at radius 1 is 1.44 bits per heavy atom. The lowest BCUT2D eigenvalue weighted by Gasteiger charge is -2.32. The van der Waals surface area contributed by atoms with Crippen molar-refractivity contribution in [1.29, 1.82) is 0 Å². The molecule has 1 unspecified atom stereocenters. The Bertz CT molecular complexity index is 460. The number of ether oxygens (including phenoxy) is 1. The highest BCUT2D eigenvalue weighted by Crippen LogP contribution is 2.16. The summed E-state index contributed by atoms with van der Waals surface area (Å²) in [4.78, 5) is 24.1. The van der Waals surface area contributed by atoms with Crippen molar-refractivity contribution >= 4 is 27.8 Å². The maximum atomic E-state index is 11.7. The van der Waals surface area contributed by atoms with E-state index in [0.29, 0.717) is 0 Å². The highest BCUT2D eigenvalue weighted by molar-refractivity contribution is 9.10. The van der Waals surface area contributed by atoms with Crippen molar-refractivity contribution in [2.45, 2.75) is 12.6 Å². The Labute approximate surface area is 112 Å².